The van der Waals surface area contributed by atoms with Crippen LogP contribution in [0.25, 0.3) is 0 Å². The second-order valence-corrected chi connectivity index (χ2v) is 3.27. The molecular weight excluding hydrogens is 226 g/mol. The number of ether oxygens (including phenoxy) is 1. The number of methoxy groups -OCH3 is 1. The van der Waals surface area contributed by atoms with Gasteiger partial charge in [0.25, 0.3) is 0 Å². The second kappa shape index (κ2) is 5.79. The third kappa shape index (κ3) is 3.30. The molecule has 1 aromatic rings. The van der Waals surface area contributed by atoms with Gasteiger partial charge in [-0.3, -0.25) is 0 Å². The summed E-state index contributed by atoms with van der Waals surface area (Å²) in [5.74, 6) is -0.00675. The molecule has 0 radical (unpaired) electrons. The standard InChI is InChI=1S/C11H10ClN3O/c1-16-11(14)10(6-13)15-7-8-2-4-9(12)5-3-8/h2-5,7H,14H2,1H3. The third-order valence-corrected chi connectivity index (χ3v) is 2.02. The van der Waals surface area contributed by atoms with Gasteiger partial charge in [-0.05, 0) is 17.7 Å². The Balaban J connectivity index is 2.89. The molecule has 0 saturated heterocycles. The maximum absolute atomic E-state index is 8.75. The Labute approximate surface area is 98.6 Å². The Morgan fingerprint density at radius 3 is 2.62 bits per heavy atom. The molecular formula is C11H10ClN3O. The molecule has 16 heavy (non-hydrogen) atoms. The van der Waals surface area contributed by atoms with E-state index in [2.05, 4.69) is 4.99 Å². The van der Waals surface area contributed by atoms with Crippen molar-refractivity contribution in [2.24, 2.45) is 10.7 Å². The molecule has 2 N–H and O–H groups in total. The predicted molar refractivity (Wildman–Crippen MR) is 62.9 cm³/mol. The Kier molecular flexibility index (Phi) is 4.37. The highest BCUT2D eigenvalue weighted by atomic mass is 35.5. The lowest BCUT2D eigenvalue weighted by atomic mass is 10.2. The summed E-state index contributed by atoms with van der Waals surface area (Å²) in [7, 11) is 1.38. The summed E-state index contributed by atoms with van der Waals surface area (Å²) in [4.78, 5) is 3.91. The number of aliphatic imine (C=N–C) groups is 1. The van der Waals surface area contributed by atoms with Crippen LogP contribution in [0.3, 0.4) is 0 Å². The number of allylic oxidation sites excluding steroid dienone is 1. The SMILES string of the molecule is COC(N)=C(C#N)N=Cc1ccc(Cl)cc1. The zero-order valence-electron chi connectivity index (χ0n) is 8.64. The zero-order chi connectivity index (χ0) is 12.0. The topological polar surface area (TPSA) is 71.4 Å². The minimum atomic E-state index is -0.00675. The molecule has 0 bridgehead atoms. The van der Waals surface area contributed by atoms with Crippen LogP contribution in [0.1, 0.15) is 5.56 Å². The maximum atomic E-state index is 8.75. The van der Waals surface area contributed by atoms with Crippen LogP contribution in [-0.2, 0) is 4.74 Å². The number of nitriles is 1. The van der Waals surface area contributed by atoms with E-state index in [0.29, 0.717) is 5.02 Å². The Bertz CT molecular complexity index is 457. The predicted octanol–water partition coefficient (Wildman–Crippen LogP) is 2.06. The molecule has 1 rings (SSSR count). The summed E-state index contributed by atoms with van der Waals surface area (Å²) < 4.78 is 4.71. The average molecular weight is 236 g/mol. The first kappa shape index (κ1) is 12.1. The quantitative estimate of drug-likeness (QED) is 0.495. The Hall–Kier alpha value is -1.99. The molecule has 0 fully saturated rings. The summed E-state index contributed by atoms with van der Waals surface area (Å²) in [5, 5.41) is 9.39. The van der Waals surface area contributed by atoms with Crippen LogP contribution < -0.4 is 5.73 Å². The normalized spacial score (nSPS) is 12.1. The van der Waals surface area contributed by atoms with E-state index in [1.165, 1.54) is 13.3 Å². The second-order valence-electron chi connectivity index (χ2n) is 2.84. The molecule has 0 heterocycles. The van der Waals surface area contributed by atoms with Crippen LogP contribution in [-0.4, -0.2) is 13.3 Å². The van der Waals surface area contributed by atoms with E-state index < -0.39 is 0 Å². The molecule has 0 spiro atoms. The number of nitrogens with zero attached hydrogens (tertiary/aromatic N) is 2. The van der Waals surface area contributed by atoms with Crippen LogP contribution >= 0.6 is 11.6 Å². The van der Waals surface area contributed by atoms with Crippen LogP contribution in [0.4, 0.5) is 0 Å². The number of hydrogen-bond acceptors (Lipinski definition) is 4. The van der Waals surface area contributed by atoms with E-state index in [1.807, 2.05) is 6.07 Å². The molecule has 0 unspecified atom stereocenters. The van der Waals surface area contributed by atoms with Crippen molar-refractivity contribution < 1.29 is 4.74 Å². The van der Waals surface area contributed by atoms with Crippen molar-refractivity contribution in [2.75, 3.05) is 7.11 Å². The van der Waals surface area contributed by atoms with Gasteiger partial charge in [0, 0.05) is 11.2 Å². The van der Waals surface area contributed by atoms with Gasteiger partial charge in [-0.25, -0.2) is 4.99 Å². The highest BCUT2D eigenvalue weighted by Crippen LogP contribution is 2.08. The van der Waals surface area contributed by atoms with Gasteiger partial charge in [0.1, 0.15) is 6.07 Å². The van der Waals surface area contributed by atoms with Gasteiger partial charge in [0.05, 0.1) is 7.11 Å². The van der Waals surface area contributed by atoms with Gasteiger partial charge in [-0.1, -0.05) is 23.7 Å². The van der Waals surface area contributed by atoms with Crippen LogP contribution in [0, 0.1) is 11.3 Å². The minimum absolute atomic E-state index is 0.00675. The van der Waals surface area contributed by atoms with Crippen molar-refractivity contribution in [1.29, 1.82) is 5.26 Å². The van der Waals surface area contributed by atoms with E-state index in [0.717, 1.165) is 5.56 Å². The fourth-order valence-electron chi connectivity index (χ4n) is 0.932. The van der Waals surface area contributed by atoms with Crippen molar-refractivity contribution in [3.8, 4) is 6.07 Å². The molecule has 4 nitrogen and oxygen atoms in total. The molecule has 1 aromatic carbocycles. The molecule has 0 aliphatic rings. The van der Waals surface area contributed by atoms with E-state index in [9.17, 15) is 0 Å². The van der Waals surface area contributed by atoms with Crippen molar-refractivity contribution in [2.45, 2.75) is 0 Å². The lowest BCUT2D eigenvalue weighted by Gasteiger charge is -1.98. The monoisotopic (exact) mass is 235 g/mol. The summed E-state index contributed by atoms with van der Waals surface area (Å²) in [6.45, 7) is 0. The van der Waals surface area contributed by atoms with Crippen molar-refractivity contribution in [3.63, 3.8) is 0 Å². The smallest absolute Gasteiger partial charge is 0.221 e. The first-order valence-electron chi connectivity index (χ1n) is 4.41. The molecule has 0 aromatic heterocycles. The zero-order valence-corrected chi connectivity index (χ0v) is 9.40. The minimum Gasteiger partial charge on any atom is -0.481 e. The molecule has 0 aliphatic heterocycles. The van der Waals surface area contributed by atoms with Crippen LogP contribution in [0.15, 0.2) is 40.8 Å². The fraction of sp³-hybridized carbons (Fsp3) is 0.0909. The van der Waals surface area contributed by atoms with E-state index in [-0.39, 0.29) is 11.6 Å². The summed E-state index contributed by atoms with van der Waals surface area (Å²) in [6.07, 6.45) is 1.51. The summed E-state index contributed by atoms with van der Waals surface area (Å²) >= 11 is 5.73. The van der Waals surface area contributed by atoms with Crippen LogP contribution in [0.5, 0.6) is 0 Å². The molecule has 5 heteroatoms. The van der Waals surface area contributed by atoms with Gasteiger partial charge in [-0.15, -0.1) is 0 Å². The first-order valence-corrected chi connectivity index (χ1v) is 4.78. The summed E-state index contributed by atoms with van der Waals surface area (Å²) in [6, 6.07) is 8.87. The van der Waals surface area contributed by atoms with E-state index in [1.54, 1.807) is 24.3 Å². The fourth-order valence-corrected chi connectivity index (χ4v) is 1.06. The summed E-state index contributed by atoms with van der Waals surface area (Å²) in [5.41, 5.74) is 6.28. The van der Waals surface area contributed by atoms with Crippen molar-refractivity contribution >= 4 is 17.8 Å². The van der Waals surface area contributed by atoms with Crippen LogP contribution in [0.2, 0.25) is 5.02 Å². The number of nitrogens with two attached hydrogens (primary N) is 1. The Morgan fingerprint density at radius 1 is 1.50 bits per heavy atom. The lowest BCUT2D eigenvalue weighted by molar-refractivity contribution is 0.284. The number of hydrogen-bond donors (Lipinski definition) is 1. The molecule has 0 aliphatic carbocycles. The highest BCUT2D eigenvalue weighted by molar-refractivity contribution is 6.30. The van der Waals surface area contributed by atoms with Gasteiger partial charge in [0.15, 0.2) is 5.70 Å². The third-order valence-electron chi connectivity index (χ3n) is 1.77. The van der Waals surface area contributed by atoms with E-state index in [4.69, 9.17) is 27.3 Å². The molecule has 82 valence electrons. The number of rotatable bonds is 3. The highest BCUT2D eigenvalue weighted by Gasteiger charge is 1.99. The Morgan fingerprint density at radius 2 is 2.12 bits per heavy atom. The molecule has 0 saturated carbocycles. The van der Waals surface area contributed by atoms with Gasteiger partial charge < -0.3 is 10.5 Å². The van der Waals surface area contributed by atoms with Gasteiger partial charge in [0.2, 0.25) is 5.88 Å². The van der Waals surface area contributed by atoms with Gasteiger partial charge >= 0.3 is 0 Å². The molecule has 0 amide bonds. The van der Waals surface area contributed by atoms with Gasteiger partial charge in [-0.2, -0.15) is 5.26 Å². The largest absolute Gasteiger partial charge is 0.481 e. The average Bonchev–Trinajstić information content (AvgIpc) is 2.31. The maximum Gasteiger partial charge on any atom is 0.221 e. The number of halogens is 1. The molecule has 0 atom stereocenters. The van der Waals surface area contributed by atoms with Crippen molar-refractivity contribution in [3.05, 3.63) is 46.4 Å². The van der Waals surface area contributed by atoms with Crippen molar-refractivity contribution in [1.82, 2.24) is 0 Å². The lowest BCUT2D eigenvalue weighted by Crippen LogP contribution is -2.02. The number of benzene rings is 1. The van der Waals surface area contributed by atoms with E-state index >= 15 is 0 Å². The first-order chi connectivity index (χ1) is 7.67.